The Morgan fingerprint density at radius 1 is 0.750 bits per heavy atom. The Morgan fingerprint density at radius 2 is 1.28 bits per heavy atom. The molecule has 6 heteroatoms. The van der Waals surface area contributed by atoms with Gasteiger partial charge in [-0.2, -0.15) is 0 Å². The van der Waals surface area contributed by atoms with E-state index < -0.39 is 10.0 Å². The summed E-state index contributed by atoms with van der Waals surface area (Å²) in [6, 6.07) is 27.9. The topological polar surface area (TPSA) is 55.8 Å². The molecule has 2 unspecified atom stereocenters. The zero-order chi connectivity index (χ0) is 22.8. The van der Waals surface area contributed by atoms with E-state index in [1.54, 1.807) is 56.7 Å². The van der Waals surface area contributed by atoms with Gasteiger partial charge in [0, 0.05) is 20.6 Å². The molecule has 0 amide bonds. The molecule has 0 radical (unpaired) electrons. The van der Waals surface area contributed by atoms with Crippen molar-refractivity contribution in [3.63, 3.8) is 0 Å². The van der Waals surface area contributed by atoms with Crippen LogP contribution in [0.15, 0.2) is 95.9 Å². The lowest BCUT2D eigenvalue weighted by Crippen LogP contribution is -2.40. The molecule has 5 nitrogen and oxygen atoms in total. The smallest absolute Gasteiger partial charge is 0.264 e. The average Bonchev–Trinajstić information content (AvgIpc) is 2.85. The summed E-state index contributed by atoms with van der Waals surface area (Å²) in [5, 5.41) is 0. The van der Waals surface area contributed by atoms with Gasteiger partial charge in [-0.1, -0.05) is 66.7 Å². The summed E-state index contributed by atoms with van der Waals surface area (Å²) >= 11 is 0. The summed E-state index contributed by atoms with van der Waals surface area (Å²) in [5.74, 6) is 0. The van der Waals surface area contributed by atoms with Gasteiger partial charge >= 0.3 is 0 Å². The molecule has 0 fully saturated rings. The van der Waals surface area contributed by atoms with Crippen LogP contribution in [0.5, 0.6) is 0 Å². The standard InChI is InChI=1S/C26H31NO4S/c1-30-24(19-18-22-12-6-3-7-13-22)20-25(31-2)21-27(23-14-8-4-9-15-23)32(28,29)26-16-10-5-11-17-26/h3-17,24-25H,18-21H2,1-2H3. The van der Waals surface area contributed by atoms with Crippen LogP contribution in [-0.4, -0.2) is 41.4 Å². The lowest BCUT2D eigenvalue weighted by molar-refractivity contribution is 0.0233. The largest absolute Gasteiger partial charge is 0.381 e. The van der Waals surface area contributed by atoms with Crippen LogP contribution >= 0.6 is 0 Å². The Morgan fingerprint density at radius 3 is 1.84 bits per heavy atom. The number of anilines is 1. The number of rotatable bonds is 12. The normalized spacial score (nSPS) is 13.4. The molecule has 32 heavy (non-hydrogen) atoms. The molecule has 0 spiro atoms. The summed E-state index contributed by atoms with van der Waals surface area (Å²) in [5.41, 5.74) is 1.86. The Labute approximate surface area is 191 Å². The zero-order valence-electron chi connectivity index (χ0n) is 18.6. The SMILES string of the molecule is COC(CCc1ccccc1)CC(CN(c1ccccc1)S(=O)(=O)c1ccccc1)OC. The van der Waals surface area contributed by atoms with E-state index >= 15 is 0 Å². The third-order valence-electron chi connectivity index (χ3n) is 5.54. The van der Waals surface area contributed by atoms with Crippen LogP contribution in [0.25, 0.3) is 0 Å². The van der Waals surface area contributed by atoms with Crippen molar-refractivity contribution in [3.05, 3.63) is 96.6 Å². The summed E-state index contributed by atoms with van der Waals surface area (Å²) in [6.45, 7) is 0.197. The second kappa shape index (κ2) is 11.8. The van der Waals surface area contributed by atoms with Crippen molar-refractivity contribution in [3.8, 4) is 0 Å². The number of benzene rings is 3. The second-order valence-corrected chi connectivity index (χ2v) is 9.52. The van der Waals surface area contributed by atoms with Gasteiger partial charge in [-0.3, -0.25) is 4.31 Å². The highest BCUT2D eigenvalue weighted by Gasteiger charge is 2.28. The van der Waals surface area contributed by atoms with E-state index in [0.29, 0.717) is 12.1 Å². The highest BCUT2D eigenvalue weighted by molar-refractivity contribution is 7.92. The fourth-order valence-corrected chi connectivity index (χ4v) is 5.20. The highest BCUT2D eigenvalue weighted by atomic mass is 32.2. The Balaban J connectivity index is 1.77. The van der Waals surface area contributed by atoms with Crippen molar-refractivity contribution in [1.29, 1.82) is 0 Å². The van der Waals surface area contributed by atoms with E-state index in [9.17, 15) is 8.42 Å². The van der Waals surface area contributed by atoms with Crippen molar-refractivity contribution in [2.45, 2.75) is 36.4 Å². The Kier molecular flexibility index (Phi) is 8.85. The summed E-state index contributed by atoms with van der Waals surface area (Å²) in [7, 11) is -0.434. The molecule has 3 aromatic rings. The number of aryl methyl sites for hydroxylation is 1. The van der Waals surface area contributed by atoms with E-state index in [4.69, 9.17) is 9.47 Å². The van der Waals surface area contributed by atoms with Crippen LogP contribution in [0.4, 0.5) is 5.69 Å². The van der Waals surface area contributed by atoms with Gasteiger partial charge in [0.1, 0.15) is 0 Å². The van der Waals surface area contributed by atoms with Gasteiger partial charge in [0.2, 0.25) is 0 Å². The predicted octanol–water partition coefficient (Wildman–Crippen LogP) is 4.93. The minimum atomic E-state index is -3.74. The second-order valence-electron chi connectivity index (χ2n) is 7.66. The fraction of sp³-hybridized carbons (Fsp3) is 0.308. The molecule has 3 aromatic carbocycles. The molecule has 3 rings (SSSR count). The highest BCUT2D eigenvalue weighted by Crippen LogP contribution is 2.25. The quantitative estimate of drug-likeness (QED) is 0.390. The molecule has 0 N–H and O–H groups in total. The van der Waals surface area contributed by atoms with Crippen LogP contribution in [0, 0.1) is 0 Å². The summed E-state index contributed by atoms with van der Waals surface area (Å²) < 4.78 is 39.9. The summed E-state index contributed by atoms with van der Waals surface area (Å²) in [6.07, 6.45) is 1.94. The molecule has 0 bridgehead atoms. The van der Waals surface area contributed by atoms with Crippen LogP contribution in [-0.2, 0) is 25.9 Å². The van der Waals surface area contributed by atoms with Crippen molar-refractivity contribution < 1.29 is 17.9 Å². The molecule has 2 atom stereocenters. The van der Waals surface area contributed by atoms with Crippen LogP contribution in [0.3, 0.4) is 0 Å². The van der Waals surface area contributed by atoms with Gasteiger partial charge in [0.25, 0.3) is 10.0 Å². The maximum absolute atomic E-state index is 13.5. The third kappa shape index (κ3) is 6.42. The lowest BCUT2D eigenvalue weighted by atomic mass is 10.0. The molecule has 0 saturated heterocycles. The molecule has 0 aliphatic heterocycles. The number of hydrogen-bond donors (Lipinski definition) is 0. The van der Waals surface area contributed by atoms with E-state index in [0.717, 1.165) is 12.8 Å². The average molecular weight is 454 g/mol. The van der Waals surface area contributed by atoms with Crippen molar-refractivity contribution in [2.75, 3.05) is 25.1 Å². The minimum Gasteiger partial charge on any atom is -0.381 e. The zero-order valence-corrected chi connectivity index (χ0v) is 19.4. The van der Waals surface area contributed by atoms with Gasteiger partial charge < -0.3 is 9.47 Å². The Hall–Kier alpha value is -2.67. The minimum absolute atomic E-state index is 0.0443. The predicted molar refractivity (Wildman–Crippen MR) is 128 cm³/mol. The van der Waals surface area contributed by atoms with Crippen LogP contribution in [0.1, 0.15) is 18.4 Å². The van der Waals surface area contributed by atoms with Gasteiger partial charge in [-0.25, -0.2) is 8.42 Å². The first-order valence-corrected chi connectivity index (χ1v) is 12.2. The Bertz CT molecular complexity index is 1030. The maximum atomic E-state index is 13.5. The molecule has 0 aliphatic carbocycles. The molecule has 170 valence electrons. The fourth-order valence-electron chi connectivity index (χ4n) is 3.68. The van der Waals surface area contributed by atoms with E-state index in [1.807, 2.05) is 36.4 Å². The van der Waals surface area contributed by atoms with Gasteiger partial charge in [0.15, 0.2) is 0 Å². The number of para-hydroxylation sites is 1. The number of sulfonamides is 1. The first-order chi connectivity index (χ1) is 15.5. The number of methoxy groups -OCH3 is 2. The van der Waals surface area contributed by atoms with Gasteiger partial charge in [-0.15, -0.1) is 0 Å². The molecule has 0 saturated carbocycles. The molecule has 0 aliphatic rings. The van der Waals surface area contributed by atoms with Gasteiger partial charge in [0.05, 0.1) is 29.3 Å². The lowest BCUT2D eigenvalue weighted by Gasteiger charge is -2.30. The van der Waals surface area contributed by atoms with Crippen molar-refractivity contribution >= 4 is 15.7 Å². The molecule has 0 heterocycles. The van der Waals surface area contributed by atoms with Crippen LogP contribution in [0.2, 0.25) is 0 Å². The first kappa shape index (κ1) is 24.0. The third-order valence-corrected chi connectivity index (χ3v) is 7.34. The van der Waals surface area contributed by atoms with Crippen LogP contribution < -0.4 is 4.31 Å². The molecular formula is C26H31NO4S. The maximum Gasteiger partial charge on any atom is 0.264 e. The van der Waals surface area contributed by atoms with Crippen molar-refractivity contribution in [1.82, 2.24) is 0 Å². The number of ether oxygens (including phenoxy) is 2. The van der Waals surface area contributed by atoms with E-state index in [-0.39, 0.29) is 23.6 Å². The molecule has 0 aromatic heterocycles. The first-order valence-electron chi connectivity index (χ1n) is 10.8. The van der Waals surface area contributed by atoms with E-state index in [2.05, 4.69) is 12.1 Å². The number of nitrogens with zero attached hydrogens (tertiary/aromatic N) is 1. The van der Waals surface area contributed by atoms with E-state index in [1.165, 1.54) is 9.87 Å². The van der Waals surface area contributed by atoms with Gasteiger partial charge in [-0.05, 0) is 42.7 Å². The summed E-state index contributed by atoms with van der Waals surface area (Å²) in [4.78, 5) is 0.256. The molecular weight excluding hydrogens is 422 g/mol. The number of hydrogen-bond acceptors (Lipinski definition) is 4. The van der Waals surface area contributed by atoms with Crippen molar-refractivity contribution in [2.24, 2.45) is 0 Å². The monoisotopic (exact) mass is 453 g/mol.